The van der Waals surface area contributed by atoms with Gasteiger partial charge in [-0.15, -0.1) is 0 Å². The molecule has 1 aromatic rings. The molecule has 0 amide bonds. The van der Waals surface area contributed by atoms with E-state index in [0.717, 1.165) is 0 Å². The van der Waals surface area contributed by atoms with Crippen LogP contribution in [0.15, 0.2) is 18.2 Å². The molecular weight excluding hydrogens is 195 g/mol. The molecule has 1 unspecified atom stereocenters. The monoisotopic (exact) mass is 210 g/mol. The van der Waals surface area contributed by atoms with Crippen LogP contribution in [0.2, 0.25) is 0 Å². The second-order valence-electron chi connectivity index (χ2n) is 3.29. The minimum atomic E-state index is -0.476. The SMILES string of the molecule is CCC(OC)C(=N)c1ccc(N)cc1F. The molecule has 0 aliphatic heterocycles. The number of hydrogen-bond acceptors (Lipinski definition) is 3. The number of benzene rings is 1. The summed E-state index contributed by atoms with van der Waals surface area (Å²) in [4.78, 5) is 0. The van der Waals surface area contributed by atoms with Crippen LogP contribution < -0.4 is 5.73 Å². The van der Waals surface area contributed by atoms with Gasteiger partial charge in [0.1, 0.15) is 5.82 Å². The van der Waals surface area contributed by atoms with E-state index in [9.17, 15) is 4.39 Å². The van der Waals surface area contributed by atoms with Crippen LogP contribution in [0.4, 0.5) is 10.1 Å². The Balaban J connectivity index is 3.00. The molecule has 3 N–H and O–H groups in total. The van der Waals surface area contributed by atoms with Gasteiger partial charge >= 0.3 is 0 Å². The van der Waals surface area contributed by atoms with Crippen LogP contribution >= 0.6 is 0 Å². The van der Waals surface area contributed by atoms with Crippen molar-refractivity contribution in [3.8, 4) is 0 Å². The van der Waals surface area contributed by atoms with Gasteiger partial charge < -0.3 is 15.9 Å². The summed E-state index contributed by atoms with van der Waals surface area (Å²) in [6, 6.07) is 4.30. The maximum Gasteiger partial charge on any atom is 0.134 e. The number of hydrogen-bond donors (Lipinski definition) is 2. The number of methoxy groups -OCH3 is 1. The Hall–Kier alpha value is -1.42. The molecule has 0 spiro atoms. The van der Waals surface area contributed by atoms with Crippen LogP contribution in [-0.4, -0.2) is 18.9 Å². The molecule has 82 valence electrons. The molecule has 15 heavy (non-hydrogen) atoms. The average Bonchev–Trinajstić information content (AvgIpc) is 2.19. The minimum Gasteiger partial charge on any atom is -0.399 e. The second-order valence-corrected chi connectivity index (χ2v) is 3.29. The molecule has 0 aromatic heterocycles. The van der Waals surface area contributed by atoms with Gasteiger partial charge in [-0.1, -0.05) is 6.92 Å². The zero-order chi connectivity index (χ0) is 11.4. The van der Waals surface area contributed by atoms with Crippen LogP contribution in [0, 0.1) is 11.2 Å². The molecular formula is C11H15FN2O. The highest BCUT2D eigenvalue weighted by Gasteiger charge is 2.16. The minimum absolute atomic E-state index is 0.150. The van der Waals surface area contributed by atoms with Gasteiger partial charge in [0.15, 0.2) is 0 Å². The molecule has 0 saturated heterocycles. The van der Waals surface area contributed by atoms with E-state index in [4.69, 9.17) is 15.9 Å². The van der Waals surface area contributed by atoms with E-state index in [0.29, 0.717) is 12.1 Å². The molecule has 0 bridgehead atoms. The van der Waals surface area contributed by atoms with Gasteiger partial charge in [0.2, 0.25) is 0 Å². The number of anilines is 1. The van der Waals surface area contributed by atoms with Gasteiger partial charge in [0.25, 0.3) is 0 Å². The highest BCUT2D eigenvalue weighted by Crippen LogP contribution is 2.15. The van der Waals surface area contributed by atoms with Crippen molar-refractivity contribution in [2.75, 3.05) is 12.8 Å². The fourth-order valence-electron chi connectivity index (χ4n) is 1.41. The van der Waals surface area contributed by atoms with Gasteiger partial charge in [-0.05, 0) is 24.6 Å². The van der Waals surface area contributed by atoms with Crippen molar-refractivity contribution in [1.29, 1.82) is 5.41 Å². The lowest BCUT2D eigenvalue weighted by Crippen LogP contribution is -2.23. The van der Waals surface area contributed by atoms with E-state index in [1.54, 1.807) is 6.07 Å². The molecule has 0 radical (unpaired) electrons. The largest absolute Gasteiger partial charge is 0.399 e. The summed E-state index contributed by atoms with van der Waals surface area (Å²) in [6.07, 6.45) is 0.266. The van der Waals surface area contributed by atoms with Crippen LogP contribution in [-0.2, 0) is 4.74 Å². The highest BCUT2D eigenvalue weighted by molar-refractivity contribution is 6.01. The molecule has 1 aromatic carbocycles. The third-order valence-electron chi connectivity index (χ3n) is 2.26. The smallest absolute Gasteiger partial charge is 0.134 e. The molecule has 4 heteroatoms. The first-order valence-electron chi connectivity index (χ1n) is 4.76. The Morgan fingerprint density at radius 1 is 1.60 bits per heavy atom. The summed E-state index contributed by atoms with van der Waals surface area (Å²) in [6.45, 7) is 1.89. The molecule has 0 saturated carbocycles. The Labute approximate surface area is 88.6 Å². The van der Waals surface area contributed by atoms with Crippen molar-refractivity contribution in [3.05, 3.63) is 29.6 Å². The summed E-state index contributed by atoms with van der Waals surface area (Å²) < 4.78 is 18.5. The lowest BCUT2D eigenvalue weighted by atomic mass is 10.0. The molecule has 0 fully saturated rings. The number of ether oxygens (including phenoxy) is 1. The lowest BCUT2D eigenvalue weighted by molar-refractivity contribution is 0.152. The fraction of sp³-hybridized carbons (Fsp3) is 0.364. The third-order valence-corrected chi connectivity index (χ3v) is 2.26. The number of nitrogens with one attached hydrogen (secondary N) is 1. The standard InChI is InChI=1S/C11H15FN2O/c1-3-10(15-2)11(14)8-5-4-7(13)6-9(8)12/h4-6,10,14H,3,13H2,1-2H3. The van der Waals surface area contributed by atoms with Crippen molar-refractivity contribution in [1.82, 2.24) is 0 Å². The average molecular weight is 210 g/mol. The van der Waals surface area contributed by atoms with Crippen LogP contribution in [0.5, 0.6) is 0 Å². The predicted molar refractivity (Wildman–Crippen MR) is 58.7 cm³/mol. The number of nitrogens with two attached hydrogens (primary N) is 1. The molecule has 1 rings (SSSR count). The normalized spacial score (nSPS) is 12.5. The molecule has 3 nitrogen and oxygen atoms in total. The molecule has 0 aliphatic rings. The first kappa shape index (κ1) is 11.7. The quantitative estimate of drug-likeness (QED) is 0.591. The van der Waals surface area contributed by atoms with Crippen molar-refractivity contribution >= 4 is 11.4 Å². The number of rotatable bonds is 4. The van der Waals surface area contributed by atoms with Gasteiger partial charge in [0.05, 0.1) is 11.8 Å². The molecule has 0 aliphatic carbocycles. The lowest BCUT2D eigenvalue weighted by Gasteiger charge is -2.15. The van der Waals surface area contributed by atoms with Crippen molar-refractivity contribution in [2.45, 2.75) is 19.4 Å². The summed E-state index contributed by atoms with van der Waals surface area (Å²) in [5, 5.41) is 7.79. The van der Waals surface area contributed by atoms with E-state index in [2.05, 4.69) is 0 Å². The van der Waals surface area contributed by atoms with E-state index >= 15 is 0 Å². The highest BCUT2D eigenvalue weighted by atomic mass is 19.1. The predicted octanol–water partition coefficient (Wildman–Crippen LogP) is 2.20. The fourth-order valence-corrected chi connectivity index (χ4v) is 1.41. The van der Waals surface area contributed by atoms with Crippen molar-refractivity contribution in [3.63, 3.8) is 0 Å². The van der Waals surface area contributed by atoms with E-state index in [1.807, 2.05) is 6.92 Å². The van der Waals surface area contributed by atoms with Crippen LogP contribution in [0.25, 0.3) is 0 Å². The Morgan fingerprint density at radius 2 is 2.27 bits per heavy atom. The topological polar surface area (TPSA) is 59.1 Å². The van der Waals surface area contributed by atoms with E-state index in [1.165, 1.54) is 19.2 Å². The first-order chi connectivity index (χ1) is 7.10. The first-order valence-corrected chi connectivity index (χ1v) is 4.76. The van der Waals surface area contributed by atoms with Crippen LogP contribution in [0.3, 0.4) is 0 Å². The second kappa shape index (κ2) is 4.89. The zero-order valence-corrected chi connectivity index (χ0v) is 8.88. The van der Waals surface area contributed by atoms with E-state index < -0.39 is 5.82 Å². The summed E-state index contributed by atoms with van der Waals surface area (Å²) in [5.74, 6) is -0.476. The zero-order valence-electron chi connectivity index (χ0n) is 8.88. The van der Waals surface area contributed by atoms with Gasteiger partial charge in [-0.3, -0.25) is 0 Å². The number of nitrogen functional groups attached to an aromatic ring is 1. The molecule has 0 heterocycles. The van der Waals surface area contributed by atoms with Gasteiger partial charge in [-0.2, -0.15) is 0 Å². The third kappa shape index (κ3) is 2.53. The van der Waals surface area contributed by atoms with Gasteiger partial charge in [0, 0.05) is 18.4 Å². The maximum absolute atomic E-state index is 13.5. The van der Waals surface area contributed by atoms with E-state index in [-0.39, 0.29) is 17.4 Å². The van der Waals surface area contributed by atoms with Crippen LogP contribution in [0.1, 0.15) is 18.9 Å². The van der Waals surface area contributed by atoms with Crippen molar-refractivity contribution < 1.29 is 9.13 Å². The Bertz CT molecular complexity index is 362. The van der Waals surface area contributed by atoms with Crippen molar-refractivity contribution in [2.24, 2.45) is 0 Å². The Kier molecular flexibility index (Phi) is 3.80. The van der Waals surface area contributed by atoms with Gasteiger partial charge in [-0.25, -0.2) is 4.39 Å². The summed E-state index contributed by atoms with van der Waals surface area (Å²) in [7, 11) is 1.51. The summed E-state index contributed by atoms with van der Waals surface area (Å²) >= 11 is 0. The Morgan fingerprint density at radius 3 is 2.73 bits per heavy atom. The molecule has 1 atom stereocenters. The number of halogens is 1. The maximum atomic E-state index is 13.5. The summed E-state index contributed by atoms with van der Waals surface area (Å²) in [5.41, 5.74) is 6.18.